The first-order valence-electron chi connectivity index (χ1n) is 8.18. The Bertz CT molecular complexity index is 814. The number of benzene rings is 1. The number of para-hydroxylation sites is 1. The molecule has 0 spiro atoms. The third kappa shape index (κ3) is 3.56. The third-order valence-corrected chi connectivity index (χ3v) is 3.88. The van der Waals surface area contributed by atoms with E-state index < -0.39 is 0 Å². The topological polar surface area (TPSA) is 59.0 Å². The van der Waals surface area contributed by atoms with Crippen molar-refractivity contribution in [2.75, 3.05) is 6.54 Å². The van der Waals surface area contributed by atoms with E-state index >= 15 is 0 Å². The molecule has 0 aliphatic carbocycles. The van der Waals surface area contributed by atoms with Gasteiger partial charge in [-0.3, -0.25) is 19.7 Å². The molecule has 0 bridgehead atoms. The molecule has 2 aromatic heterocycles. The lowest BCUT2D eigenvalue weighted by Crippen LogP contribution is -2.32. The normalized spacial score (nSPS) is 10.7. The molecule has 1 aromatic carbocycles. The SMILES string of the molecule is CCCCN(Cc1ccccn1)C(=O)c1cccc2nccnc12. The predicted octanol–water partition coefficient (Wildman–Crippen LogP) is 3.47. The molecule has 122 valence electrons. The Balaban J connectivity index is 1.92. The molecule has 2 heterocycles. The predicted molar refractivity (Wildman–Crippen MR) is 93.4 cm³/mol. The molecule has 3 aromatic rings. The van der Waals surface area contributed by atoms with Gasteiger partial charge >= 0.3 is 0 Å². The van der Waals surface area contributed by atoms with Gasteiger partial charge in [0.1, 0.15) is 5.52 Å². The van der Waals surface area contributed by atoms with Gasteiger partial charge in [0.05, 0.1) is 23.3 Å². The lowest BCUT2D eigenvalue weighted by molar-refractivity contribution is 0.0740. The first-order valence-corrected chi connectivity index (χ1v) is 8.18. The van der Waals surface area contributed by atoms with E-state index in [1.165, 1.54) is 0 Å². The fraction of sp³-hybridized carbons (Fsp3) is 0.263. The van der Waals surface area contributed by atoms with Crippen molar-refractivity contribution in [3.8, 4) is 0 Å². The van der Waals surface area contributed by atoms with Crippen LogP contribution in [0.2, 0.25) is 0 Å². The zero-order valence-electron chi connectivity index (χ0n) is 13.7. The fourth-order valence-corrected chi connectivity index (χ4v) is 2.62. The number of rotatable bonds is 6. The highest BCUT2D eigenvalue weighted by Gasteiger charge is 2.19. The van der Waals surface area contributed by atoms with Crippen molar-refractivity contribution in [3.63, 3.8) is 0 Å². The highest BCUT2D eigenvalue weighted by atomic mass is 16.2. The van der Waals surface area contributed by atoms with Crippen molar-refractivity contribution in [1.82, 2.24) is 19.9 Å². The molecule has 0 aliphatic heterocycles. The monoisotopic (exact) mass is 320 g/mol. The van der Waals surface area contributed by atoms with Crippen LogP contribution in [0.3, 0.4) is 0 Å². The summed E-state index contributed by atoms with van der Waals surface area (Å²) in [7, 11) is 0. The van der Waals surface area contributed by atoms with Crippen LogP contribution in [0.4, 0.5) is 0 Å². The number of carbonyl (C=O) groups is 1. The molecule has 5 heteroatoms. The summed E-state index contributed by atoms with van der Waals surface area (Å²) in [6, 6.07) is 11.3. The number of hydrogen-bond donors (Lipinski definition) is 0. The van der Waals surface area contributed by atoms with Crippen LogP contribution in [-0.4, -0.2) is 32.3 Å². The molecule has 0 saturated heterocycles. The largest absolute Gasteiger partial charge is 0.333 e. The van der Waals surface area contributed by atoms with Crippen molar-refractivity contribution < 1.29 is 4.79 Å². The van der Waals surface area contributed by atoms with Gasteiger partial charge in [0.2, 0.25) is 0 Å². The summed E-state index contributed by atoms with van der Waals surface area (Å²) < 4.78 is 0. The summed E-state index contributed by atoms with van der Waals surface area (Å²) in [4.78, 5) is 27.9. The minimum atomic E-state index is -0.0276. The number of hydrogen-bond acceptors (Lipinski definition) is 4. The van der Waals surface area contributed by atoms with E-state index in [1.807, 2.05) is 41.3 Å². The smallest absolute Gasteiger partial charge is 0.256 e. The molecule has 0 aliphatic rings. The molecule has 5 nitrogen and oxygen atoms in total. The van der Waals surface area contributed by atoms with Crippen LogP contribution in [0.5, 0.6) is 0 Å². The summed E-state index contributed by atoms with van der Waals surface area (Å²) in [6.45, 7) is 3.31. The number of fused-ring (bicyclic) bond motifs is 1. The maximum Gasteiger partial charge on any atom is 0.256 e. The van der Waals surface area contributed by atoms with E-state index in [2.05, 4.69) is 21.9 Å². The highest BCUT2D eigenvalue weighted by Crippen LogP contribution is 2.17. The number of nitrogens with zero attached hydrogens (tertiary/aromatic N) is 4. The number of aromatic nitrogens is 3. The van der Waals surface area contributed by atoms with E-state index in [0.29, 0.717) is 24.2 Å². The lowest BCUT2D eigenvalue weighted by atomic mass is 10.1. The Kier molecular flexibility index (Phi) is 5.11. The Hall–Kier alpha value is -2.82. The molecular weight excluding hydrogens is 300 g/mol. The molecule has 0 unspecified atom stereocenters. The van der Waals surface area contributed by atoms with Gasteiger partial charge in [0.15, 0.2) is 0 Å². The lowest BCUT2D eigenvalue weighted by Gasteiger charge is -2.22. The van der Waals surface area contributed by atoms with E-state index in [0.717, 1.165) is 24.1 Å². The maximum atomic E-state index is 13.1. The van der Waals surface area contributed by atoms with E-state index in [9.17, 15) is 4.79 Å². The first-order chi connectivity index (χ1) is 11.8. The summed E-state index contributed by atoms with van der Waals surface area (Å²) >= 11 is 0. The van der Waals surface area contributed by atoms with Crippen LogP contribution in [0, 0.1) is 0 Å². The molecule has 24 heavy (non-hydrogen) atoms. The van der Waals surface area contributed by atoms with Crippen LogP contribution in [0.25, 0.3) is 11.0 Å². The number of unbranched alkanes of at least 4 members (excludes halogenated alkanes) is 1. The quantitative estimate of drug-likeness (QED) is 0.698. The van der Waals surface area contributed by atoms with Crippen molar-refractivity contribution >= 4 is 16.9 Å². The van der Waals surface area contributed by atoms with Crippen molar-refractivity contribution in [3.05, 3.63) is 66.2 Å². The second-order valence-corrected chi connectivity index (χ2v) is 5.63. The zero-order valence-corrected chi connectivity index (χ0v) is 13.7. The van der Waals surface area contributed by atoms with Gasteiger partial charge in [-0.15, -0.1) is 0 Å². The molecule has 0 fully saturated rings. The third-order valence-electron chi connectivity index (χ3n) is 3.88. The Morgan fingerprint density at radius 3 is 2.67 bits per heavy atom. The van der Waals surface area contributed by atoms with E-state index in [1.54, 1.807) is 18.6 Å². The minimum Gasteiger partial charge on any atom is -0.333 e. The number of amides is 1. The standard InChI is InChI=1S/C19H20N4O/c1-2-3-13-23(14-15-7-4-5-10-20-15)19(24)16-8-6-9-17-18(16)22-12-11-21-17/h4-12H,2-3,13-14H2,1H3. The zero-order chi connectivity index (χ0) is 16.8. The molecular formula is C19H20N4O. The van der Waals surface area contributed by atoms with Gasteiger partial charge in [-0.1, -0.05) is 25.5 Å². The Labute approximate surface area is 141 Å². The summed E-state index contributed by atoms with van der Waals surface area (Å²) in [5, 5.41) is 0. The van der Waals surface area contributed by atoms with Gasteiger partial charge in [-0.25, -0.2) is 0 Å². The van der Waals surface area contributed by atoms with Crippen LogP contribution in [0.15, 0.2) is 55.0 Å². The van der Waals surface area contributed by atoms with Gasteiger partial charge in [-0.2, -0.15) is 0 Å². The van der Waals surface area contributed by atoms with Crippen LogP contribution in [0.1, 0.15) is 35.8 Å². The second-order valence-electron chi connectivity index (χ2n) is 5.63. The van der Waals surface area contributed by atoms with Crippen molar-refractivity contribution in [2.24, 2.45) is 0 Å². The average molecular weight is 320 g/mol. The number of carbonyl (C=O) groups excluding carboxylic acids is 1. The van der Waals surface area contributed by atoms with Gasteiger partial charge in [0.25, 0.3) is 5.91 Å². The Morgan fingerprint density at radius 2 is 1.88 bits per heavy atom. The van der Waals surface area contributed by atoms with Crippen LogP contribution < -0.4 is 0 Å². The molecule has 0 N–H and O–H groups in total. The van der Waals surface area contributed by atoms with Gasteiger partial charge < -0.3 is 4.90 Å². The average Bonchev–Trinajstić information content (AvgIpc) is 2.65. The van der Waals surface area contributed by atoms with Crippen molar-refractivity contribution in [2.45, 2.75) is 26.3 Å². The number of pyridine rings is 1. The molecule has 0 radical (unpaired) electrons. The van der Waals surface area contributed by atoms with Gasteiger partial charge in [0, 0.05) is 25.1 Å². The minimum absolute atomic E-state index is 0.0276. The highest BCUT2D eigenvalue weighted by molar-refractivity contribution is 6.04. The van der Waals surface area contributed by atoms with Crippen LogP contribution in [-0.2, 0) is 6.54 Å². The molecule has 0 atom stereocenters. The first kappa shape index (κ1) is 16.1. The van der Waals surface area contributed by atoms with Gasteiger partial charge in [-0.05, 0) is 30.7 Å². The second kappa shape index (κ2) is 7.64. The Morgan fingerprint density at radius 1 is 1.00 bits per heavy atom. The maximum absolute atomic E-state index is 13.1. The van der Waals surface area contributed by atoms with E-state index in [-0.39, 0.29) is 5.91 Å². The van der Waals surface area contributed by atoms with Crippen LogP contribution >= 0.6 is 0 Å². The van der Waals surface area contributed by atoms with E-state index in [4.69, 9.17) is 0 Å². The fourth-order valence-electron chi connectivity index (χ4n) is 2.62. The molecule has 3 rings (SSSR count). The molecule has 1 amide bonds. The molecule has 0 saturated carbocycles. The van der Waals surface area contributed by atoms with Crippen molar-refractivity contribution in [1.29, 1.82) is 0 Å². The summed E-state index contributed by atoms with van der Waals surface area (Å²) in [6.07, 6.45) is 6.99. The summed E-state index contributed by atoms with van der Waals surface area (Å²) in [5.41, 5.74) is 2.85. The summed E-state index contributed by atoms with van der Waals surface area (Å²) in [5.74, 6) is -0.0276.